The molecular formula is C13H15IN2S. The Labute approximate surface area is 120 Å². The van der Waals surface area contributed by atoms with Crippen LogP contribution in [0.4, 0.5) is 0 Å². The summed E-state index contributed by atoms with van der Waals surface area (Å²) in [7, 11) is 0. The zero-order valence-electron chi connectivity index (χ0n) is 9.93. The van der Waals surface area contributed by atoms with Gasteiger partial charge in [-0.1, -0.05) is 50.6 Å². The van der Waals surface area contributed by atoms with Gasteiger partial charge in [0.15, 0.2) is 0 Å². The molecule has 0 aliphatic rings. The predicted molar refractivity (Wildman–Crippen MR) is 80.4 cm³/mol. The van der Waals surface area contributed by atoms with Crippen LogP contribution in [0.3, 0.4) is 0 Å². The van der Waals surface area contributed by atoms with Crippen LogP contribution in [0.25, 0.3) is 0 Å². The lowest BCUT2D eigenvalue weighted by Crippen LogP contribution is -2.10. The number of benzene rings is 1. The molecule has 0 aliphatic carbocycles. The van der Waals surface area contributed by atoms with Crippen molar-refractivity contribution >= 4 is 34.1 Å². The Hall–Kier alpha value is -0.490. The largest absolute Gasteiger partial charge is 0.214 e. The summed E-state index contributed by atoms with van der Waals surface area (Å²) in [5.74, 6) is 0.961. The Morgan fingerprint density at radius 1 is 1.29 bits per heavy atom. The van der Waals surface area contributed by atoms with Gasteiger partial charge in [-0.05, 0) is 23.0 Å². The van der Waals surface area contributed by atoms with Crippen molar-refractivity contribution in [2.24, 2.45) is 5.92 Å². The van der Waals surface area contributed by atoms with Gasteiger partial charge in [0.25, 0.3) is 0 Å². The zero-order valence-corrected chi connectivity index (χ0v) is 12.9. The third kappa shape index (κ3) is 3.04. The van der Waals surface area contributed by atoms with Crippen molar-refractivity contribution in [3.8, 4) is 0 Å². The van der Waals surface area contributed by atoms with E-state index in [1.54, 1.807) is 0 Å². The van der Waals surface area contributed by atoms with Crippen molar-refractivity contribution in [2.45, 2.75) is 26.2 Å². The van der Waals surface area contributed by atoms with Gasteiger partial charge in [-0.3, -0.25) is 0 Å². The van der Waals surface area contributed by atoms with Crippen LogP contribution in [0.1, 0.15) is 36.8 Å². The lowest BCUT2D eigenvalue weighted by molar-refractivity contribution is 0.494. The highest BCUT2D eigenvalue weighted by molar-refractivity contribution is 14.1. The van der Waals surface area contributed by atoms with E-state index in [1.807, 2.05) is 0 Å². The van der Waals surface area contributed by atoms with Crippen LogP contribution in [-0.4, -0.2) is 9.36 Å². The summed E-state index contributed by atoms with van der Waals surface area (Å²) in [5, 5.41) is 1.13. The van der Waals surface area contributed by atoms with Crippen LogP contribution in [0, 0.1) is 9.75 Å². The van der Waals surface area contributed by atoms with E-state index in [0.29, 0.717) is 11.8 Å². The van der Waals surface area contributed by atoms with Gasteiger partial charge in [-0.2, -0.15) is 4.37 Å². The molecular weight excluding hydrogens is 343 g/mol. The molecule has 0 saturated carbocycles. The minimum absolute atomic E-state index is 0.377. The Kier molecular flexibility index (Phi) is 4.50. The highest BCUT2D eigenvalue weighted by Gasteiger charge is 2.23. The predicted octanol–water partition coefficient (Wildman–Crippen LogP) is 4.32. The van der Waals surface area contributed by atoms with Gasteiger partial charge in [0.05, 0.1) is 0 Å². The van der Waals surface area contributed by atoms with E-state index in [9.17, 15) is 0 Å². The van der Waals surface area contributed by atoms with Crippen molar-refractivity contribution in [2.75, 3.05) is 0 Å². The first-order valence-electron chi connectivity index (χ1n) is 5.76. The summed E-state index contributed by atoms with van der Waals surface area (Å²) < 4.78 is 5.15. The molecule has 17 heavy (non-hydrogen) atoms. The molecule has 0 bridgehead atoms. The number of hydrogen-bond acceptors (Lipinski definition) is 3. The first-order chi connectivity index (χ1) is 8.22. The molecule has 1 aromatic carbocycles. The molecule has 1 aromatic heterocycles. The van der Waals surface area contributed by atoms with Crippen LogP contribution >= 0.6 is 34.1 Å². The van der Waals surface area contributed by atoms with Crippen molar-refractivity contribution in [3.63, 3.8) is 0 Å². The van der Waals surface area contributed by atoms with E-state index in [-0.39, 0.29) is 0 Å². The maximum absolute atomic E-state index is 4.55. The number of nitrogens with zero attached hydrogens (tertiary/aromatic N) is 2. The fraction of sp³-hybridized carbons (Fsp3) is 0.385. The average Bonchev–Trinajstić information content (AvgIpc) is 2.77. The number of rotatable bonds is 4. The molecule has 1 heterocycles. The quantitative estimate of drug-likeness (QED) is 0.761. The molecule has 2 atom stereocenters. The van der Waals surface area contributed by atoms with Crippen LogP contribution < -0.4 is 0 Å². The topological polar surface area (TPSA) is 25.8 Å². The Morgan fingerprint density at radius 2 is 2.00 bits per heavy atom. The minimum Gasteiger partial charge on any atom is -0.214 e. The van der Waals surface area contributed by atoms with E-state index >= 15 is 0 Å². The van der Waals surface area contributed by atoms with Gasteiger partial charge in [0.2, 0.25) is 3.83 Å². The Balaban J connectivity index is 2.39. The lowest BCUT2D eigenvalue weighted by Gasteiger charge is -2.20. The molecule has 2 unspecified atom stereocenters. The molecule has 90 valence electrons. The highest BCUT2D eigenvalue weighted by atomic mass is 127. The summed E-state index contributed by atoms with van der Waals surface area (Å²) in [6.45, 7) is 4.51. The molecule has 0 amide bonds. The van der Waals surface area contributed by atoms with Crippen LogP contribution in [0.5, 0.6) is 0 Å². The Morgan fingerprint density at radius 3 is 2.53 bits per heavy atom. The third-order valence-electron chi connectivity index (χ3n) is 3.05. The van der Waals surface area contributed by atoms with Gasteiger partial charge in [0, 0.05) is 28.5 Å². The monoisotopic (exact) mass is 358 g/mol. The molecule has 0 radical (unpaired) electrons. The van der Waals surface area contributed by atoms with Crippen molar-refractivity contribution in [1.82, 2.24) is 9.36 Å². The standard InChI is InChI=1S/C13H15IN2S/c1-3-9(2)11(10-7-5-4-6-8-10)12-15-13(14)16-17-12/h4-9,11H,3H2,1-2H3. The molecule has 2 aromatic rings. The Bertz CT molecular complexity index is 469. The minimum atomic E-state index is 0.377. The SMILES string of the molecule is CCC(C)C(c1ccccc1)c1nc(I)ns1. The molecule has 0 N–H and O–H groups in total. The first kappa shape index (κ1) is 13.0. The van der Waals surface area contributed by atoms with Crippen LogP contribution in [-0.2, 0) is 0 Å². The van der Waals surface area contributed by atoms with Crippen molar-refractivity contribution in [3.05, 3.63) is 44.7 Å². The lowest BCUT2D eigenvalue weighted by atomic mass is 9.86. The maximum atomic E-state index is 4.55. The molecule has 2 rings (SSSR count). The van der Waals surface area contributed by atoms with E-state index in [2.05, 4.69) is 76.1 Å². The van der Waals surface area contributed by atoms with Crippen LogP contribution in [0.15, 0.2) is 30.3 Å². The molecule has 4 heteroatoms. The highest BCUT2D eigenvalue weighted by Crippen LogP contribution is 2.34. The second-order valence-electron chi connectivity index (χ2n) is 4.18. The van der Waals surface area contributed by atoms with Gasteiger partial charge in [0.1, 0.15) is 5.01 Å². The van der Waals surface area contributed by atoms with Gasteiger partial charge < -0.3 is 0 Å². The second kappa shape index (κ2) is 5.91. The van der Waals surface area contributed by atoms with E-state index in [1.165, 1.54) is 17.1 Å². The second-order valence-corrected chi connectivity index (χ2v) is 5.92. The van der Waals surface area contributed by atoms with E-state index in [4.69, 9.17) is 0 Å². The van der Waals surface area contributed by atoms with Gasteiger partial charge >= 0.3 is 0 Å². The third-order valence-corrected chi connectivity index (χ3v) is 4.66. The van der Waals surface area contributed by atoms with Crippen molar-refractivity contribution < 1.29 is 0 Å². The number of aromatic nitrogens is 2. The summed E-state index contributed by atoms with van der Waals surface area (Å²) in [6, 6.07) is 10.6. The molecule has 0 saturated heterocycles. The fourth-order valence-corrected chi connectivity index (χ4v) is 3.49. The summed E-state index contributed by atoms with van der Waals surface area (Å²) >= 11 is 3.70. The molecule has 0 spiro atoms. The summed E-state index contributed by atoms with van der Waals surface area (Å²) in [4.78, 5) is 4.55. The maximum Gasteiger partial charge on any atom is 0.203 e. The van der Waals surface area contributed by atoms with Crippen molar-refractivity contribution in [1.29, 1.82) is 0 Å². The van der Waals surface area contributed by atoms with E-state index < -0.39 is 0 Å². The smallest absolute Gasteiger partial charge is 0.203 e. The normalized spacial score (nSPS) is 14.5. The number of halogens is 1. The summed E-state index contributed by atoms with van der Waals surface area (Å²) in [6.07, 6.45) is 1.15. The molecule has 0 aliphatic heterocycles. The van der Waals surface area contributed by atoms with Gasteiger partial charge in [-0.25, -0.2) is 4.98 Å². The molecule has 2 nitrogen and oxygen atoms in total. The van der Waals surface area contributed by atoms with E-state index in [0.717, 1.165) is 15.3 Å². The zero-order chi connectivity index (χ0) is 12.3. The van der Waals surface area contributed by atoms with Gasteiger partial charge in [-0.15, -0.1) is 0 Å². The summed E-state index contributed by atoms with van der Waals surface area (Å²) in [5.41, 5.74) is 1.34. The average molecular weight is 358 g/mol. The first-order valence-corrected chi connectivity index (χ1v) is 7.61. The fourth-order valence-electron chi connectivity index (χ4n) is 1.95. The van der Waals surface area contributed by atoms with Crippen LogP contribution in [0.2, 0.25) is 0 Å². The number of hydrogen-bond donors (Lipinski definition) is 0. The molecule has 0 fully saturated rings.